The molecule has 3 N–H and O–H groups in total. The van der Waals surface area contributed by atoms with E-state index in [4.69, 9.17) is 33.7 Å². The van der Waals surface area contributed by atoms with Gasteiger partial charge < -0.3 is 15.8 Å². The summed E-state index contributed by atoms with van der Waals surface area (Å²) in [6.07, 6.45) is -1.74. The van der Waals surface area contributed by atoms with Crippen molar-refractivity contribution in [3.8, 4) is 17.3 Å². The maximum Gasteiger partial charge on any atom is 0.434 e. The number of carbonyl (C=O) groups is 1. The molecule has 0 fully saturated rings. The van der Waals surface area contributed by atoms with Crippen molar-refractivity contribution in [2.75, 3.05) is 11.1 Å². The van der Waals surface area contributed by atoms with Crippen molar-refractivity contribution in [3.63, 3.8) is 0 Å². The van der Waals surface area contributed by atoms with Crippen LogP contribution in [0, 0.1) is 5.82 Å². The third-order valence-electron chi connectivity index (χ3n) is 4.51. The monoisotopic (exact) mass is 526 g/mol. The van der Waals surface area contributed by atoms with E-state index in [9.17, 15) is 22.4 Å². The molecule has 0 aliphatic heterocycles. The summed E-state index contributed by atoms with van der Waals surface area (Å²) in [5.41, 5.74) is 3.21. The van der Waals surface area contributed by atoms with Crippen molar-refractivity contribution in [2.24, 2.45) is 0 Å². The number of nitrogen functional groups attached to an aromatic ring is 1. The number of hydrogen-bond acceptors (Lipinski definition) is 6. The van der Waals surface area contributed by atoms with Gasteiger partial charge in [-0.05, 0) is 24.3 Å². The molecule has 3 heterocycles. The van der Waals surface area contributed by atoms with Gasteiger partial charge in [0.2, 0.25) is 0 Å². The summed E-state index contributed by atoms with van der Waals surface area (Å²) in [6.45, 7) is 0. The van der Waals surface area contributed by atoms with E-state index in [2.05, 4.69) is 20.4 Å². The number of aromatic nitrogens is 4. The Kier molecular flexibility index (Phi) is 6.50. The minimum absolute atomic E-state index is 0.0264. The molecule has 1 aromatic carbocycles. The molecule has 0 atom stereocenters. The summed E-state index contributed by atoms with van der Waals surface area (Å²) < 4.78 is 61.9. The highest BCUT2D eigenvalue weighted by molar-refractivity contribution is 6.34. The largest absolute Gasteiger partial charge is 0.453 e. The van der Waals surface area contributed by atoms with Crippen molar-refractivity contribution < 1.29 is 27.1 Å². The number of hydrogen-bond donors (Lipinski definition) is 2. The number of ether oxygens (including phenoxy) is 1. The lowest BCUT2D eigenvalue weighted by Crippen LogP contribution is -2.21. The van der Waals surface area contributed by atoms with E-state index in [-0.39, 0.29) is 38.9 Å². The Morgan fingerprint density at radius 2 is 1.86 bits per heavy atom. The molecule has 14 heteroatoms. The third kappa shape index (κ3) is 4.98. The average Bonchev–Trinajstić information content (AvgIpc) is 3.25. The Morgan fingerprint density at radius 3 is 2.54 bits per heavy atom. The van der Waals surface area contributed by atoms with Crippen LogP contribution in [0.4, 0.5) is 29.1 Å². The zero-order valence-corrected chi connectivity index (χ0v) is 18.7. The first-order valence-corrected chi connectivity index (χ1v) is 10.3. The van der Waals surface area contributed by atoms with Gasteiger partial charge in [-0.1, -0.05) is 23.2 Å². The van der Waals surface area contributed by atoms with E-state index >= 15 is 0 Å². The quantitative estimate of drug-likeness (QED) is 0.320. The SMILES string of the molecule is Nc1nccc(Oc2ccc(NC(=O)c3cnn(-c4ncccc4Cl)c3C(F)(F)F)cc2F)c1Cl. The van der Waals surface area contributed by atoms with Crippen LogP contribution in [0.3, 0.4) is 0 Å². The molecule has 35 heavy (non-hydrogen) atoms. The number of amides is 1. The molecule has 4 aromatic rings. The van der Waals surface area contributed by atoms with Gasteiger partial charge in [0, 0.05) is 30.2 Å². The van der Waals surface area contributed by atoms with E-state index < -0.39 is 29.2 Å². The van der Waals surface area contributed by atoms with Gasteiger partial charge in [0.05, 0.1) is 16.8 Å². The van der Waals surface area contributed by atoms with Crippen molar-refractivity contribution in [1.29, 1.82) is 0 Å². The summed E-state index contributed by atoms with van der Waals surface area (Å²) in [4.78, 5) is 20.2. The van der Waals surface area contributed by atoms with Gasteiger partial charge in [-0.25, -0.2) is 19.0 Å². The van der Waals surface area contributed by atoms with Crippen LogP contribution in [0.5, 0.6) is 11.5 Å². The minimum Gasteiger partial charge on any atom is -0.453 e. The highest BCUT2D eigenvalue weighted by Gasteiger charge is 2.41. The summed E-state index contributed by atoms with van der Waals surface area (Å²) in [5, 5.41) is 5.70. The van der Waals surface area contributed by atoms with Crippen LogP contribution in [-0.4, -0.2) is 25.7 Å². The number of benzene rings is 1. The Morgan fingerprint density at radius 1 is 1.09 bits per heavy atom. The van der Waals surface area contributed by atoms with Gasteiger partial charge in [-0.15, -0.1) is 0 Å². The van der Waals surface area contributed by atoms with E-state index in [0.29, 0.717) is 10.9 Å². The minimum atomic E-state index is -4.99. The predicted octanol–water partition coefficient (Wildman–Crippen LogP) is 5.75. The summed E-state index contributed by atoms with van der Waals surface area (Å²) in [6, 6.07) is 7.35. The number of carbonyl (C=O) groups excluding carboxylic acids is 1. The number of rotatable bonds is 5. The molecular formula is C21H12Cl2F4N6O2. The van der Waals surface area contributed by atoms with E-state index in [1.165, 1.54) is 36.7 Å². The van der Waals surface area contributed by atoms with Crippen LogP contribution in [0.15, 0.2) is 55.0 Å². The second-order valence-electron chi connectivity index (χ2n) is 6.83. The molecule has 1 amide bonds. The van der Waals surface area contributed by atoms with Crippen LogP contribution in [0.1, 0.15) is 16.1 Å². The first kappa shape index (κ1) is 24.2. The van der Waals surface area contributed by atoms with Crippen molar-refractivity contribution in [1.82, 2.24) is 19.7 Å². The van der Waals surface area contributed by atoms with Crippen LogP contribution in [-0.2, 0) is 6.18 Å². The van der Waals surface area contributed by atoms with E-state index in [1.807, 2.05) is 0 Å². The molecule has 0 unspecified atom stereocenters. The molecule has 3 aromatic heterocycles. The van der Waals surface area contributed by atoms with Gasteiger partial charge in [0.1, 0.15) is 10.8 Å². The summed E-state index contributed by atoms with van der Waals surface area (Å²) in [5.74, 6) is -2.70. The number of anilines is 2. The second kappa shape index (κ2) is 9.39. The highest BCUT2D eigenvalue weighted by Crippen LogP contribution is 2.36. The van der Waals surface area contributed by atoms with Crippen molar-refractivity contribution in [3.05, 3.63) is 82.1 Å². The maximum atomic E-state index is 14.6. The number of nitrogens with two attached hydrogens (primary N) is 1. The van der Waals surface area contributed by atoms with E-state index in [1.54, 1.807) is 0 Å². The first-order valence-electron chi connectivity index (χ1n) is 9.51. The second-order valence-corrected chi connectivity index (χ2v) is 7.62. The number of nitrogens with one attached hydrogen (secondary N) is 1. The molecule has 0 spiro atoms. The van der Waals surface area contributed by atoms with Crippen LogP contribution >= 0.6 is 23.2 Å². The molecule has 0 aliphatic carbocycles. The molecule has 0 aliphatic rings. The van der Waals surface area contributed by atoms with Gasteiger partial charge in [0.15, 0.2) is 28.8 Å². The van der Waals surface area contributed by atoms with Gasteiger partial charge >= 0.3 is 6.18 Å². The molecule has 0 radical (unpaired) electrons. The van der Waals surface area contributed by atoms with E-state index in [0.717, 1.165) is 12.1 Å². The third-order valence-corrected chi connectivity index (χ3v) is 5.19. The molecule has 180 valence electrons. The maximum absolute atomic E-state index is 14.6. The standard InChI is InChI=1S/C21H12Cl2F4N6O2/c22-12-2-1-6-30-19(12)33-17(21(25,26)27)11(9-31-33)20(34)32-10-3-4-14(13(24)8-10)35-15-5-7-29-18(28)16(15)23/h1-9H,(H2,28,29)(H,32,34). The lowest BCUT2D eigenvalue weighted by molar-refractivity contribution is -0.143. The van der Waals surface area contributed by atoms with Crippen LogP contribution in [0.25, 0.3) is 5.82 Å². The zero-order chi connectivity index (χ0) is 25.3. The first-order chi connectivity index (χ1) is 16.6. The fourth-order valence-corrected chi connectivity index (χ4v) is 3.33. The van der Waals surface area contributed by atoms with Crippen LogP contribution < -0.4 is 15.8 Å². The van der Waals surface area contributed by atoms with Crippen molar-refractivity contribution >= 4 is 40.6 Å². The molecule has 0 bridgehead atoms. The van der Waals surface area contributed by atoms with Gasteiger partial charge in [-0.2, -0.15) is 18.3 Å². The molecule has 8 nitrogen and oxygen atoms in total. The summed E-state index contributed by atoms with van der Waals surface area (Å²) >= 11 is 11.9. The Hall–Kier alpha value is -3.90. The number of alkyl halides is 3. The number of pyridine rings is 2. The normalized spacial score (nSPS) is 11.4. The summed E-state index contributed by atoms with van der Waals surface area (Å²) in [7, 11) is 0. The topological polar surface area (TPSA) is 108 Å². The number of nitrogens with zero attached hydrogens (tertiary/aromatic N) is 4. The predicted molar refractivity (Wildman–Crippen MR) is 119 cm³/mol. The molecule has 0 saturated heterocycles. The molecule has 4 rings (SSSR count). The highest BCUT2D eigenvalue weighted by atomic mass is 35.5. The lowest BCUT2D eigenvalue weighted by atomic mass is 10.2. The molecule has 0 saturated carbocycles. The smallest absolute Gasteiger partial charge is 0.434 e. The van der Waals surface area contributed by atoms with Crippen molar-refractivity contribution in [2.45, 2.75) is 6.18 Å². The lowest BCUT2D eigenvalue weighted by Gasteiger charge is -2.13. The Bertz CT molecular complexity index is 1430. The van der Waals surface area contributed by atoms with Gasteiger partial charge in [0.25, 0.3) is 5.91 Å². The Balaban J connectivity index is 1.61. The van der Waals surface area contributed by atoms with Crippen LogP contribution in [0.2, 0.25) is 10.0 Å². The number of halogens is 6. The fraction of sp³-hybridized carbons (Fsp3) is 0.0476. The van der Waals surface area contributed by atoms with Gasteiger partial charge in [-0.3, -0.25) is 4.79 Å². The Labute approximate surface area is 204 Å². The molecular weight excluding hydrogens is 515 g/mol. The fourth-order valence-electron chi connectivity index (χ4n) is 2.98. The zero-order valence-electron chi connectivity index (χ0n) is 17.1. The average molecular weight is 527 g/mol.